The number of halogens is 1. The molecule has 0 bridgehead atoms. The molecule has 0 fully saturated rings. The van der Waals surface area contributed by atoms with Crippen molar-refractivity contribution in [3.8, 4) is 0 Å². The van der Waals surface area contributed by atoms with Crippen LogP contribution in [0.15, 0.2) is 36.7 Å². The fourth-order valence-corrected chi connectivity index (χ4v) is 1.57. The molecule has 0 spiro atoms. The molecule has 0 aliphatic rings. The van der Waals surface area contributed by atoms with Gasteiger partial charge in [-0.3, -0.25) is 9.89 Å². The van der Waals surface area contributed by atoms with Gasteiger partial charge in [-0.05, 0) is 17.7 Å². The molecule has 0 unspecified atom stereocenters. The van der Waals surface area contributed by atoms with Crippen LogP contribution in [0.1, 0.15) is 5.56 Å². The van der Waals surface area contributed by atoms with Gasteiger partial charge >= 0.3 is 0 Å². The van der Waals surface area contributed by atoms with Crippen molar-refractivity contribution in [2.75, 3.05) is 5.32 Å². The van der Waals surface area contributed by atoms with Crippen LogP contribution in [0.2, 0.25) is 5.02 Å². The second-order valence-electron chi connectivity index (χ2n) is 3.34. The quantitative estimate of drug-likeness (QED) is 0.857. The molecule has 16 heavy (non-hydrogen) atoms. The summed E-state index contributed by atoms with van der Waals surface area (Å²) in [6, 6.07) is 7.24. The van der Waals surface area contributed by atoms with Crippen LogP contribution in [0.25, 0.3) is 0 Å². The first-order chi connectivity index (χ1) is 7.74. The predicted octanol–water partition coefficient (Wildman–Crippen LogP) is 2.24. The molecule has 0 saturated heterocycles. The highest BCUT2D eigenvalue weighted by atomic mass is 35.5. The van der Waals surface area contributed by atoms with Crippen LogP contribution in [0, 0.1) is 0 Å². The van der Waals surface area contributed by atoms with E-state index in [9.17, 15) is 4.79 Å². The average molecular weight is 236 g/mol. The van der Waals surface area contributed by atoms with Crippen LogP contribution in [0.3, 0.4) is 0 Å². The predicted molar refractivity (Wildman–Crippen MR) is 62.4 cm³/mol. The summed E-state index contributed by atoms with van der Waals surface area (Å²) in [7, 11) is 0. The fourth-order valence-electron chi connectivity index (χ4n) is 1.36. The summed E-state index contributed by atoms with van der Waals surface area (Å²) >= 11 is 5.82. The zero-order chi connectivity index (χ0) is 11.4. The third-order valence-electron chi connectivity index (χ3n) is 2.04. The topological polar surface area (TPSA) is 57.8 Å². The maximum absolute atomic E-state index is 11.6. The number of hydrogen-bond donors (Lipinski definition) is 2. The number of nitrogens with one attached hydrogen (secondary N) is 2. The van der Waals surface area contributed by atoms with Gasteiger partial charge in [0.2, 0.25) is 5.91 Å². The fraction of sp³-hybridized carbons (Fsp3) is 0.0909. The third-order valence-corrected chi connectivity index (χ3v) is 2.27. The normalized spacial score (nSPS) is 10.1. The van der Waals surface area contributed by atoms with Gasteiger partial charge in [-0.1, -0.05) is 23.7 Å². The van der Waals surface area contributed by atoms with E-state index in [0.29, 0.717) is 17.1 Å². The SMILES string of the molecule is O=C(Cc1cccc(Cl)c1)Nc1cn[nH]c1. The molecule has 1 aromatic heterocycles. The minimum atomic E-state index is -0.0938. The third kappa shape index (κ3) is 2.84. The molecule has 2 aromatic rings. The van der Waals surface area contributed by atoms with Crippen molar-refractivity contribution in [1.29, 1.82) is 0 Å². The first-order valence-electron chi connectivity index (χ1n) is 4.77. The number of amides is 1. The number of aromatic amines is 1. The van der Waals surface area contributed by atoms with Crippen LogP contribution >= 0.6 is 11.6 Å². The Bertz CT molecular complexity index is 482. The maximum Gasteiger partial charge on any atom is 0.228 e. The molecule has 0 radical (unpaired) electrons. The number of hydrogen-bond acceptors (Lipinski definition) is 2. The van der Waals surface area contributed by atoms with Gasteiger partial charge in [-0.15, -0.1) is 0 Å². The number of carbonyl (C=O) groups is 1. The van der Waals surface area contributed by atoms with Crippen molar-refractivity contribution in [3.63, 3.8) is 0 Å². The van der Waals surface area contributed by atoms with E-state index in [-0.39, 0.29) is 5.91 Å². The van der Waals surface area contributed by atoms with E-state index >= 15 is 0 Å². The molecule has 0 aliphatic carbocycles. The van der Waals surface area contributed by atoms with E-state index in [1.807, 2.05) is 12.1 Å². The summed E-state index contributed by atoms with van der Waals surface area (Å²) in [6.45, 7) is 0. The van der Waals surface area contributed by atoms with Crippen LogP contribution in [-0.4, -0.2) is 16.1 Å². The number of anilines is 1. The summed E-state index contributed by atoms with van der Waals surface area (Å²) in [5, 5.41) is 9.70. The summed E-state index contributed by atoms with van der Waals surface area (Å²) in [5.74, 6) is -0.0938. The number of aromatic nitrogens is 2. The van der Waals surface area contributed by atoms with Gasteiger partial charge < -0.3 is 5.32 Å². The standard InChI is InChI=1S/C11H10ClN3O/c12-9-3-1-2-8(4-9)5-11(16)15-10-6-13-14-7-10/h1-4,6-7H,5H2,(H,13,14)(H,15,16). The van der Waals surface area contributed by atoms with E-state index in [4.69, 9.17) is 11.6 Å². The molecule has 0 atom stereocenters. The van der Waals surface area contributed by atoms with Crippen molar-refractivity contribution < 1.29 is 4.79 Å². The van der Waals surface area contributed by atoms with Gasteiger partial charge in [0.15, 0.2) is 0 Å². The summed E-state index contributed by atoms with van der Waals surface area (Å²) in [6.07, 6.45) is 3.47. The average Bonchev–Trinajstić information content (AvgIpc) is 2.70. The smallest absolute Gasteiger partial charge is 0.228 e. The zero-order valence-electron chi connectivity index (χ0n) is 8.40. The van der Waals surface area contributed by atoms with E-state index in [2.05, 4.69) is 15.5 Å². The summed E-state index contributed by atoms with van der Waals surface area (Å²) in [5.41, 5.74) is 1.54. The number of nitrogens with zero attached hydrogens (tertiary/aromatic N) is 1. The van der Waals surface area contributed by atoms with Gasteiger partial charge in [0.25, 0.3) is 0 Å². The number of H-pyrrole nitrogens is 1. The molecule has 5 heteroatoms. The van der Waals surface area contributed by atoms with Crippen molar-refractivity contribution in [2.45, 2.75) is 6.42 Å². The van der Waals surface area contributed by atoms with Gasteiger partial charge in [0, 0.05) is 11.2 Å². The van der Waals surface area contributed by atoms with Crippen LogP contribution in [-0.2, 0) is 11.2 Å². The van der Waals surface area contributed by atoms with E-state index < -0.39 is 0 Å². The monoisotopic (exact) mass is 235 g/mol. The molecule has 2 N–H and O–H groups in total. The first kappa shape index (κ1) is 10.7. The van der Waals surface area contributed by atoms with E-state index in [1.165, 1.54) is 0 Å². The minimum Gasteiger partial charge on any atom is -0.323 e. The maximum atomic E-state index is 11.6. The van der Waals surface area contributed by atoms with Crippen molar-refractivity contribution in [2.24, 2.45) is 0 Å². The van der Waals surface area contributed by atoms with Crippen molar-refractivity contribution in [3.05, 3.63) is 47.2 Å². The zero-order valence-corrected chi connectivity index (χ0v) is 9.16. The second-order valence-corrected chi connectivity index (χ2v) is 3.78. The Morgan fingerprint density at radius 3 is 3.06 bits per heavy atom. The van der Waals surface area contributed by atoms with Gasteiger partial charge in [-0.2, -0.15) is 5.10 Å². The van der Waals surface area contributed by atoms with Crippen LogP contribution < -0.4 is 5.32 Å². The number of rotatable bonds is 3. The van der Waals surface area contributed by atoms with Crippen molar-refractivity contribution >= 4 is 23.2 Å². The Morgan fingerprint density at radius 1 is 1.50 bits per heavy atom. The van der Waals surface area contributed by atoms with E-state index in [0.717, 1.165) is 5.56 Å². The molecule has 82 valence electrons. The summed E-state index contributed by atoms with van der Waals surface area (Å²) < 4.78 is 0. The lowest BCUT2D eigenvalue weighted by Gasteiger charge is -2.02. The molecular formula is C11H10ClN3O. The first-order valence-corrected chi connectivity index (χ1v) is 5.15. The highest BCUT2D eigenvalue weighted by Crippen LogP contribution is 2.11. The minimum absolute atomic E-state index is 0.0938. The molecule has 1 amide bonds. The summed E-state index contributed by atoms with van der Waals surface area (Å²) in [4.78, 5) is 11.6. The molecule has 1 aromatic carbocycles. The Kier molecular flexibility index (Phi) is 3.22. The molecule has 4 nitrogen and oxygen atoms in total. The molecule has 2 rings (SSSR count). The Balaban J connectivity index is 1.97. The van der Waals surface area contributed by atoms with Crippen molar-refractivity contribution in [1.82, 2.24) is 10.2 Å². The Labute approximate surface area is 97.6 Å². The lowest BCUT2D eigenvalue weighted by molar-refractivity contribution is -0.115. The lowest BCUT2D eigenvalue weighted by atomic mass is 10.1. The van der Waals surface area contributed by atoms with Crippen LogP contribution in [0.4, 0.5) is 5.69 Å². The lowest BCUT2D eigenvalue weighted by Crippen LogP contribution is -2.13. The molecule has 0 aliphatic heterocycles. The number of benzene rings is 1. The second kappa shape index (κ2) is 4.81. The highest BCUT2D eigenvalue weighted by Gasteiger charge is 2.04. The Morgan fingerprint density at radius 2 is 2.38 bits per heavy atom. The molecule has 0 saturated carbocycles. The number of carbonyl (C=O) groups excluding carboxylic acids is 1. The Hall–Kier alpha value is -1.81. The van der Waals surface area contributed by atoms with Gasteiger partial charge in [0.05, 0.1) is 18.3 Å². The van der Waals surface area contributed by atoms with Gasteiger partial charge in [0.1, 0.15) is 0 Å². The van der Waals surface area contributed by atoms with Gasteiger partial charge in [-0.25, -0.2) is 0 Å². The molecule has 1 heterocycles. The largest absolute Gasteiger partial charge is 0.323 e. The van der Waals surface area contributed by atoms with E-state index in [1.54, 1.807) is 24.5 Å². The molecular weight excluding hydrogens is 226 g/mol. The van der Waals surface area contributed by atoms with Crippen LogP contribution in [0.5, 0.6) is 0 Å². The highest BCUT2D eigenvalue weighted by molar-refractivity contribution is 6.30.